The van der Waals surface area contributed by atoms with Gasteiger partial charge in [0.1, 0.15) is 11.5 Å². The molecular formula is C14H13FN2O. The minimum Gasteiger partial charge on any atom is -0.364 e. The van der Waals surface area contributed by atoms with E-state index in [1.54, 1.807) is 12.1 Å². The number of pyridine rings is 1. The summed E-state index contributed by atoms with van der Waals surface area (Å²) in [5, 5.41) is 0. The van der Waals surface area contributed by atoms with Crippen LogP contribution in [0.3, 0.4) is 0 Å². The Balaban J connectivity index is 2.13. The molecule has 2 rings (SSSR count). The number of carbonyl (C=O) groups excluding carboxylic acids is 1. The molecule has 0 aliphatic carbocycles. The number of hydrogen-bond donors (Lipinski definition) is 1. The Labute approximate surface area is 104 Å². The van der Waals surface area contributed by atoms with Crippen molar-refractivity contribution in [2.45, 2.75) is 12.8 Å². The molecule has 0 saturated carbocycles. The minimum atomic E-state index is -0.537. The fourth-order valence-corrected chi connectivity index (χ4v) is 1.83. The van der Waals surface area contributed by atoms with Crippen molar-refractivity contribution in [2.24, 2.45) is 5.73 Å². The quantitative estimate of drug-likeness (QED) is 0.895. The van der Waals surface area contributed by atoms with E-state index in [1.807, 2.05) is 12.1 Å². The zero-order valence-corrected chi connectivity index (χ0v) is 9.77. The van der Waals surface area contributed by atoms with Gasteiger partial charge in [0.2, 0.25) is 0 Å². The van der Waals surface area contributed by atoms with E-state index in [9.17, 15) is 9.18 Å². The lowest BCUT2D eigenvalue weighted by Crippen LogP contribution is -2.16. The molecule has 1 heterocycles. The summed E-state index contributed by atoms with van der Waals surface area (Å²) in [7, 11) is 0. The zero-order chi connectivity index (χ0) is 13.0. The second kappa shape index (κ2) is 5.40. The number of hydrogen-bond acceptors (Lipinski definition) is 2. The Hall–Kier alpha value is -2.23. The monoisotopic (exact) mass is 244 g/mol. The van der Waals surface area contributed by atoms with Gasteiger partial charge in [-0.25, -0.2) is 4.39 Å². The summed E-state index contributed by atoms with van der Waals surface area (Å²) in [6, 6.07) is 9.98. The first kappa shape index (κ1) is 12.2. The largest absolute Gasteiger partial charge is 0.364 e. The summed E-state index contributed by atoms with van der Waals surface area (Å²) in [4.78, 5) is 15.1. The smallest absolute Gasteiger partial charge is 0.267 e. The van der Waals surface area contributed by atoms with Gasteiger partial charge in [-0.1, -0.05) is 18.2 Å². The van der Waals surface area contributed by atoms with E-state index in [1.165, 1.54) is 18.3 Å². The van der Waals surface area contributed by atoms with Crippen LogP contribution in [0.4, 0.5) is 4.39 Å². The SMILES string of the molecule is NC(=O)c1ncccc1CCc1cccc(F)c1. The Kier molecular flexibility index (Phi) is 3.67. The standard InChI is InChI=1S/C14H13FN2O/c15-12-5-1-3-10(9-12)6-7-11-4-2-8-17-13(11)14(16)18/h1-5,8-9H,6-7H2,(H2,16,18). The fourth-order valence-electron chi connectivity index (χ4n) is 1.83. The van der Waals surface area contributed by atoms with Crippen molar-refractivity contribution in [1.82, 2.24) is 4.98 Å². The van der Waals surface area contributed by atoms with Crippen molar-refractivity contribution in [3.05, 3.63) is 65.2 Å². The van der Waals surface area contributed by atoms with Crippen LogP contribution in [0.25, 0.3) is 0 Å². The third-order valence-corrected chi connectivity index (χ3v) is 2.70. The predicted molar refractivity (Wildman–Crippen MR) is 66.6 cm³/mol. The van der Waals surface area contributed by atoms with Crippen molar-refractivity contribution in [2.75, 3.05) is 0 Å². The number of amides is 1. The molecule has 0 unspecified atom stereocenters. The van der Waals surface area contributed by atoms with Crippen molar-refractivity contribution in [3.63, 3.8) is 0 Å². The molecule has 0 radical (unpaired) electrons. The first-order valence-electron chi connectivity index (χ1n) is 5.65. The summed E-state index contributed by atoms with van der Waals surface area (Å²) in [6.07, 6.45) is 2.78. The van der Waals surface area contributed by atoms with E-state index in [0.29, 0.717) is 12.8 Å². The van der Waals surface area contributed by atoms with Crippen molar-refractivity contribution >= 4 is 5.91 Å². The molecule has 0 saturated heterocycles. The van der Waals surface area contributed by atoms with E-state index in [0.717, 1.165) is 11.1 Å². The maximum Gasteiger partial charge on any atom is 0.267 e. The molecule has 1 aromatic heterocycles. The molecule has 0 aliphatic heterocycles. The molecule has 0 atom stereocenters. The second-order valence-corrected chi connectivity index (χ2v) is 4.01. The number of halogens is 1. The van der Waals surface area contributed by atoms with E-state index in [-0.39, 0.29) is 11.5 Å². The molecule has 0 aliphatic rings. The third kappa shape index (κ3) is 2.91. The molecule has 1 amide bonds. The number of aromatic nitrogens is 1. The van der Waals surface area contributed by atoms with Gasteiger partial charge in [-0.05, 0) is 42.2 Å². The van der Waals surface area contributed by atoms with E-state index >= 15 is 0 Å². The van der Waals surface area contributed by atoms with Gasteiger partial charge in [0.15, 0.2) is 0 Å². The highest BCUT2D eigenvalue weighted by Gasteiger charge is 2.08. The number of nitrogens with zero attached hydrogens (tertiary/aromatic N) is 1. The number of nitrogens with two attached hydrogens (primary N) is 1. The van der Waals surface area contributed by atoms with Gasteiger partial charge in [-0.15, -0.1) is 0 Å². The number of aryl methyl sites for hydroxylation is 2. The maximum atomic E-state index is 13.0. The average molecular weight is 244 g/mol. The highest BCUT2D eigenvalue weighted by atomic mass is 19.1. The maximum absolute atomic E-state index is 13.0. The number of primary amides is 1. The molecule has 3 nitrogen and oxygen atoms in total. The second-order valence-electron chi connectivity index (χ2n) is 4.01. The molecular weight excluding hydrogens is 231 g/mol. The lowest BCUT2D eigenvalue weighted by atomic mass is 10.0. The normalized spacial score (nSPS) is 10.3. The van der Waals surface area contributed by atoms with Gasteiger partial charge in [0, 0.05) is 6.20 Å². The first-order chi connectivity index (χ1) is 8.66. The lowest BCUT2D eigenvalue weighted by Gasteiger charge is -2.05. The van der Waals surface area contributed by atoms with Gasteiger partial charge in [0.05, 0.1) is 0 Å². The fraction of sp³-hybridized carbons (Fsp3) is 0.143. The molecule has 0 bridgehead atoms. The molecule has 2 aromatic rings. The number of benzene rings is 1. The molecule has 92 valence electrons. The summed E-state index contributed by atoms with van der Waals surface area (Å²) < 4.78 is 13.0. The van der Waals surface area contributed by atoms with Crippen LogP contribution < -0.4 is 5.73 Å². The van der Waals surface area contributed by atoms with Crippen LogP contribution in [0.1, 0.15) is 21.6 Å². The highest BCUT2D eigenvalue weighted by molar-refractivity contribution is 5.92. The van der Waals surface area contributed by atoms with Gasteiger partial charge in [-0.3, -0.25) is 9.78 Å². The van der Waals surface area contributed by atoms with Crippen LogP contribution in [-0.4, -0.2) is 10.9 Å². The van der Waals surface area contributed by atoms with Gasteiger partial charge in [0.25, 0.3) is 5.91 Å². The molecule has 4 heteroatoms. The minimum absolute atomic E-state index is 0.256. The van der Waals surface area contributed by atoms with Crippen molar-refractivity contribution in [3.8, 4) is 0 Å². The van der Waals surface area contributed by atoms with Crippen molar-refractivity contribution in [1.29, 1.82) is 0 Å². The molecule has 2 N–H and O–H groups in total. The van der Waals surface area contributed by atoms with Crippen LogP contribution in [-0.2, 0) is 12.8 Å². The Morgan fingerprint density at radius 2 is 2.06 bits per heavy atom. The van der Waals surface area contributed by atoms with Gasteiger partial charge in [-0.2, -0.15) is 0 Å². The van der Waals surface area contributed by atoms with Crippen LogP contribution in [0, 0.1) is 5.82 Å². The predicted octanol–water partition coefficient (Wildman–Crippen LogP) is 2.10. The highest BCUT2D eigenvalue weighted by Crippen LogP contribution is 2.11. The first-order valence-corrected chi connectivity index (χ1v) is 5.65. The molecule has 1 aromatic carbocycles. The average Bonchev–Trinajstić information content (AvgIpc) is 2.37. The van der Waals surface area contributed by atoms with Gasteiger partial charge < -0.3 is 5.73 Å². The molecule has 0 fully saturated rings. The van der Waals surface area contributed by atoms with E-state index in [4.69, 9.17) is 5.73 Å². The van der Waals surface area contributed by atoms with Crippen LogP contribution >= 0.6 is 0 Å². The van der Waals surface area contributed by atoms with Crippen LogP contribution in [0.5, 0.6) is 0 Å². The van der Waals surface area contributed by atoms with Crippen LogP contribution in [0.15, 0.2) is 42.6 Å². The summed E-state index contributed by atoms with van der Waals surface area (Å²) in [5.74, 6) is -0.793. The third-order valence-electron chi connectivity index (χ3n) is 2.70. The van der Waals surface area contributed by atoms with Crippen LogP contribution in [0.2, 0.25) is 0 Å². The van der Waals surface area contributed by atoms with Crippen molar-refractivity contribution < 1.29 is 9.18 Å². The molecule has 18 heavy (non-hydrogen) atoms. The summed E-state index contributed by atoms with van der Waals surface area (Å²) in [6.45, 7) is 0. The van der Waals surface area contributed by atoms with Gasteiger partial charge >= 0.3 is 0 Å². The Morgan fingerprint density at radius 3 is 2.78 bits per heavy atom. The van der Waals surface area contributed by atoms with E-state index < -0.39 is 5.91 Å². The Bertz CT molecular complexity index is 569. The number of carbonyl (C=O) groups is 1. The molecule has 0 spiro atoms. The zero-order valence-electron chi connectivity index (χ0n) is 9.77. The van der Waals surface area contributed by atoms with E-state index in [2.05, 4.69) is 4.98 Å². The summed E-state index contributed by atoms with van der Waals surface area (Å²) >= 11 is 0. The Morgan fingerprint density at radius 1 is 1.22 bits per heavy atom. The number of rotatable bonds is 4. The topological polar surface area (TPSA) is 56.0 Å². The lowest BCUT2D eigenvalue weighted by molar-refractivity contribution is 0.0994. The summed E-state index contributed by atoms with van der Waals surface area (Å²) in [5.41, 5.74) is 7.20.